The van der Waals surface area contributed by atoms with Gasteiger partial charge in [-0.2, -0.15) is 0 Å². The lowest BCUT2D eigenvalue weighted by Gasteiger charge is -2.14. The van der Waals surface area contributed by atoms with E-state index in [1.165, 1.54) is 0 Å². The second-order valence-corrected chi connectivity index (χ2v) is 7.51. The minimum absolute atomic E-state index is 0.122. The van der Waals surface area contributed by atoms with Gasteiger partial charge >= 0.3 is 0 Å². The largest absolute Gasteiger partial charge is 0.495 e. The molecule has 0 fully saturated rings. The summed E-state index contributed by atoms with van der Waals surface area (Å²) < 4.78 is 11.2. The van der Waals surface area contributed by atoms with Crippen molar-refractivity contribution in [3.05, 3.63) is 71.8 Å². The van der Waals surface area contributed by atoms with Gasteiger partial charge < -0.3 is 14.8 Å². The minimum Gasteiger partial charge on any atom is -0.495 e. The molecule has 5 nitrogen and oxygen atoms in total. The van der Waals surface area contributed by atoms with E-state index in [1.807, 2.05) is 74.5 Å². The van der Waals surface area contributed by atoms with Crippen molar-refractivity contribution in [3.63, 3.8) is 0 Å². The van der Waals surface area contributed by atoms with Gasteiger partial charge in [-0.15, -0.1) is 0 Å². The monoisotopic (exact) mass is 419 g/mol. The van der Waals surface area contributed by atoms with E-state index < -0.39 is 0 Å². The number of methoxy groups -OCH3 is 1. The van der Waals surface area contributed by atoms with Crippen LogP contribution in [0, 0.1) is 0 Å². The van der Waals surface area contributed by atoms with Crippen molar-refractivity contribution < 1.29 is 9.47 Å². The second-order valence-electron chi connectivity index (χ2n) is 7.07. The molecule has 152 valence electrons. The molecule has 0 saturated heterocycles. The number of hydrogen-bond acceptors (Lipinski definition) is 5. The number of hydrogen-bond donors (Lipinski definition) is 1. The van der Waals surface area contributed by atoms with Crippen molar-refractivity contribution >= 4 is 34.0 Å². The first-order valence-electron chi connectivity index (χ1n) is 9.68. The van der Waals surface area contributed by atoms with Crippen molar-refractivity contribution in [2.45, 2.75) is 20.0 Å². The summed E-state index contributed by atoms with van der Waals surface area (Å²) in [6.45, 7) is 4.00. The Morgan fingerprint density at radius 3 is 2.43 bits per heavy atom. The molecule has 0 aliphatic heterocycles. The highest BCUT2D eigenvalue weighted by atomic mass is 35.5. The molecular weight excluding hydrogens is 398 g/mol. The Kier molecular flexibility index (Phi) is 5.72. The van der Waals surface area contributed by atoms with Gasteiger partial charge in [0, 0.05) is 16.0 Å². The SMILES string of the molecule is COc1ccc(Cl)cc1Nc1nc(-c2ccc(OC(C)C)cc2)nc2ccccc12. The van der Waals surface area contributed by atoms with Crippen LogP contribution in [0.25, 0.3) is 22.3 Å². The molecule has 30 heavy (non-hydrogen) atoms. The Bertz CT molecular complexity index is 1180. The Morgan fingerprint density at radius 1 is 0.933 bits per heavy atom. The normalized spacial score (nSPS) is 11.0. The van der Waals surface area contributed by atoms with Crippen LogP contribution >= 0.6 is 11.6 Å². The summed E-state index contributed by atoms with van der Waals surface area (Å²) in [6, 6.07) is 21.1. The maximum Gasteiger partial charge on any atom is 0.162 e. The first-order valence-corrected chi connectivity index (χ1v) is 10.1. The lowest BCUT2D eigenvalue weighted by Crippen LogP contribution is -2.05. The predicted molar refractivity (Wildman–Crippen MR) is 122 cm³/mol. The molecule has 0 aliphatic carbocycles. The molecule has 0 spiro atoms. The number of rotatable bonds is 6. The summed E-state index contributed by atoms with van der Waals surface area (Å²) >= 11 is 6.20. The maximum atomic E-state index is 6.20. The fraction of sp³-hybridized carbons (Fsp3) is 0.167. The molecule has 0 aliphatic rings. The van der Waals surface area contributed by atoms with Crippen molar-refractivity contribution in [1.29, 1.82) is 0 Å². The molecule has 3 aromatic carbocycles. The molecule has 1 aromatic heterocycles. The summed E-state index contributed by atoms with van der Waals surface area (Å²) in [5, 5.41) is 4.88. The van der Waals surface area contributed by atoms with Crippen LogP contribution in [0.1, 0.15) is 13.8 Å². The zero-order valence-electron chi connectivity index (χ0n) is 17.0. The zero-order valence-corrected chi connectivity index (χ0v) is 17.8. The highest BCUT2D eigenvalue weighted by Gasteiger charge is 2.12. The average Bonchev–Trinajstić information content (AvgIpc) is 2.74. The van der Waals surface area contributed by atoms with E-state index in [2.05, 4.69) is 5.32 Å². The quantitative estimate of drug-likeness (QED) is 0.387. The zero-order chi connectivity index (χ0) is 21.1. The van der Waals surface area contributed by atoms with E-state index in [0.717, 1.165) is 27.9 Å². The number of nitrogens with zero attached hydrogens (tertiary/aromatic N) is 2. The molecule has 6 heteroatoms. The number of para-hydroxylation sites is 1. The fourth-order valence-corrected chi connectivity index (χ4v) is 3.33. The highest BCUT2D eigenvalue weighted by molar-refractivity contribution is 6.31. The number of aromatic nitrogens is 2. The summed E-state index contributed by atoms with van der Waals surface area (Å²) in [4.78, 5) is 9.55. The van der Waals surface area contributed by atoms with E-state index in [-0.39, 0.29) is 6.10 Å². The van der Waals surface area contributed by atoms with Gasteiger partial charge in [-0.25, -0.2) is 9.97 Å². The predicted octanol–water partition coefficient (Wildman–Crippen LogP) is 6.49. The topological polar surface area (TPSA) is 56.3 Å². The van der Waals surface area contributed by atoms with Crippen molar-refractivity contribution in [3.8, 4) is 22.9 Å². The van der Waals surface area contributed by atoms with Crippen LogP contribution in [0.5, 0.6) is 11.5 Å². The van der Waals surface area contributed by atoms with Crippen LogP contribution in [0.15, 0.2) is 66.7 Å². The first-order chi connectivity index (χ1) is 14.5. The van der Waals surface area contributed by atoms with Gasteiger partial charge in [0.2, 0.25) is 0 Å². The maximum absolute atomic E-state index is 6.20. The second kappa shape index (κ2) is 8.59. The van der Waals surface area contributed by atoms with E-state index in [9.17, 15) is 0 Å². The van der Waals surface area contributed by atoms with Crippen LogP contribution in [-0.4, -0.2) is 23.2 Å². The van der Waals surface area contributed by atoms with Crippen molar-refractivity contribution in [2.24, 2.45) is 0 Å². The van der Waals surface area contributed by atoms with E-state index in [0.29, 0.717) is 22.4 Å². The van der Waals surface area contributed by atoms with Gasteiger partial charge in [0.15, 0.2) is 5.82 Å². The third kappa shape index (κ3) is 4.31. The van der Waals surface area contributed by atoms with Crippen molar-refractivity contribution in [2.75, 3.05) is 12.4 Å². The van der Waals surface area contributed by atoms with Gasteiger partial charge in [-0.05, 0) is 68.4 Å². The number of ether oxygens (including phenoxy) is 2. The first kappa shape index (κ1) is 20.0. The Balaban J connectivity index is 1.78. The van der Waals surface area contributed by atoms with Crippen LogP contribution in [-0.2, 0) is 0 Å². The molecular formula is C24H22ClN3O2. The number of nitrogens with one attached hydrogen (secondary N) is 1. The molecule has 0 bridgehead atoms. The number of anilines is 2. The fourth-order valence-electron chi connectivity index (χ4n) is 3.16. The van der Waals surface area contributed by atoms with Gasteiger partial charge in [-0.3, -0.25) is 0 Å². The lowest BCUT2D eigenvalue weighted by molar-refractivity contribution is 0.242. The standard InChI is InChI=1S/C24H22ClN3O2/c1-15(2)30-18-11-8-16(9-12-18)23-26-20-7-5-4-6-19(20)24(28-23)27-21-14-17(25)10-13-22(21)29-3/h4-15H,1-3H3,(H,26,27,28). The number of benzene rings is 3. The lowest BCUT2D eigenvalue weighted by atomic mass is 10.1. The molecule has 4 aromatic rings. The van der Waals surface area contributed by atoms with Gasteiger partial charge in [-0.1, -0.05) is 23.7 Å². The van der Waals surface area contributed by atoms with Crippen LogP contribution in [0.2, 0.25) is 5.02 Å². The smallest absolute Gasteiger partial charge is 0.162 e. The number of halogens is 1. The Morgan fingerprint density at radius 2 is 1.70 bits per heavy atom. The van der Waals surface area contributed by atoms with E-state index in [1.54, 1.807) is 13.2 Å². The average molecular weight is 420 g/mol. The van der Waals surface area contributed by atoms with Gasteiger partial charge in [0.25, 0.3) is 0 Å². The van der Waals surface area contributed by atoms with Crippen molar-refractivity contribution in [1.82, 2.24) is 9.97 Å². The summed E-state index contributed by atoms with van der Waals surface area (Å²) in [5.41, 5.74) is 2.48. The van der Waals surface area contributed by atoms with Crippen LogP contribution in [0.4, 0.5) is 11.5 Å². The molecule has 0 radical (unpaired) electrons. The molecule has 4 rings (SSSR count). The third-order valence-electron chi connectivity index (χ3n) is 4.50. The Labute approximate surface area is 180 Å². The van der Waals surface area contributed by atoms with Crippen LogP contribution < -0.4 is 14.8 Å². The van der Waals surface area contributed by atoms with Gasteiger partial charge in [0.05, 0.1) is 24.4 Å². The molecule has 1 N–H and O–H groups in total. The van der Waals surface area contributed by atoms with E-state index in [4.69, 9.17) is 31.0 Å². The molecule has 0 unspecified atom stereocenters. The summed E-state index contributed by atoms with van der Waals surface area (Å²) in [5.74, 6) is 2.79. The van der Waals surface area contributed by atoms with E-state index >= 15 is 0 Å². The third-order valence-corrected chi connectivity index (χ3v) is 4.74. The molecule has 0 atom stereocenters. The molecule has 0 saturated carbocycles. The Hall–Kier alpha value is -3.31. The van der Waals surface area contributed by atoms with Gasteiger partial charge in [0.1, 0.15) is 17.3 Å². The van der Waals surface area contributed by atoms with Crippen LogP contribution in [0.3, 0.4) is 0 Å². The summed E-state index contributed by atoms with van der Waals surface area (Å²) in [7, 11) is 1.62. The number of fused-ring (bicyclic) bond motifs is 1. The molecule has 1 heterocycles. The molecule has 0 amide bonds. The highest BCUT2D eigenvalue weighted by Crippen LogP contribution is 2.33. The minimum atomic E-state index is 0.122. The summed E-state index contributed by atoms with van der Waals surface area (Å²) in [6.07, 6.45) is 0.122.